The van der Waals surface area contributed by atoms with Crippen molar-refractivity contribution in [3.63, 3.8) is 0 Å². The maximum Gasteiger partial charge on any atom is 0.140 e. The molecule has 0 aliphatic carbocycles. The summed E-state index contributed by atoms with van der Waals surface area (Å²) in [5.74, 6) is 0.213. The Bertz CT molecular complexity index is 762. The van der Waals surface area contributed by atoms with Gasteiger partial charge in [0.1, 0.15) is 11.6 Å². The third kappa shape index (κ3) is 33.9. The summed E-state index contributed by atoms with van der Waals surface area (Å²) in [4.78, 5) is 24.2. The zero-order valence-corrected chi connectivity index (χ0v) is 27.0. The molecule has 0 heterocycles. The van der Waals surface area contributed by atoms with E-state index in [0.717, 1.165) is 57.8 Å². The molecular weight excluding hydrogens is 500 g/mol. The molecule has 0 atom stereocenters. The van der Waals surface area contributed by atoms with Gasteiger partial charge in [-0.15, -0.1) is 0 Å². The third-order valence-electron chi connectivity index (χ3n) is 7.14. The van der Waals surface area contributed by atoms with Crippen LogP contribution >= 0.6 is 0 Å². The average molecular weight is 565 g/mol. The molecule has 0 aromatic rings. The lowest BCUT2D eigenvalue weighted by Gasteiger charge is -2.03. The predicted octanol–water partition coefficient (Wildman–Crippen LogP) is 12.5. The van der Waals surface area contributed by atoms with E-state index in [4.69, 9.17) is 0 Å². The molecule has 2 nitrogen and oxygen atoms in total. The zero-order chi connectivity index (χ0) is 29.9. The summed E-state index contributed by atoms with van der Waals surface area (Å²) in [5.41, 5.74) is 0. The molecule has 0 aromatic heterocycles. The molecule has 0 saturated carbocycles. The minimum absolute atomic E-state index is 0.0872. The number of rotatable bonds is 30. The highest BCUT2D eigenvalue weighted by Gasteiger charge is 2.08. The predicted molar refractivity (Wildman–Crippen MR) is 182 cm³/mol. The second kappa shape index (κ2) is 34.0. The van der Waals surface area contributed by atoms with Crippen molar-refractivity contribution in [2.24, 2.45) is 0 Å². The van der Waals surface area contributed by atoms with Gasteiger partial charge in [-0.3, -0.25) is 9.59 Å². The SMILES string of the molecule is CCC=CCC=CCC=CCC=CCC=CCC=CCCC(=O)CC(=O)CCCCCCCCCCCCCCC. The Labute approximate surface area is 255 Å². The van der Waals surface area contributed by atoms with Crippen molar-refractivity contribution in [1.29, 1.82) is 0 Å². The monoisotopic (exact) mass is 564 g/mol. The maximum absolute atomic E-state index is 12.1. The molecule has 0 fully saturated rings. The van der Waals surface area contributed by atoms with E-state index in [9.17, 15) is 9.59 Å². The molecule has 41 heavy (non-hydrogen) atoms. The summed E-state index contributed by atoms with van der Waals surface area (Å²) in [5, 5.41) is 0. The Morgan fingerprint density at radius 2 is 0.732 bits per heavy atom. The summed E-state index contributed by atoms with van der Waals surface area (Å²) in [6, 6.07) is 0. The second-order valence-electron chi connectivity index (χ2n) is 11.2. The number of unbranched alkanes of at least 4 members (excludes halogenated alkanes) is 12. The Balaban J connectivity index is 3.55. The van der Waals surface area contributed by atoms with Gasteiger partial charge in [-0.2, -0.15) is 0 Å². The van der Waals surface area contributed by atoms with Crippen molar-refractivity contribution in [3.05, 3.63) is 72.9 Å². The molecule has 0 N–H and O–H groups in total. The van der Waals surface area contributed by atoms with Crippen LogP contribution < -0.4 is 0 Å². The lowest BCUT2D eigenvalue weighted by atomic mass is 10.0. The van der Waals surface area contributed by atoms with Gasteiger partial charge in [0.25, 0.3) is 0 Å². The quantitative estimate of drug-likeness (QED) is 0.0494. The number of ketones is 2. The molecule has 0 rings (SSSR count). The van der Waals surface area contributed by atoms with Crippen LogP contribution in [0.2, 0.25) is 0 Å². The van der Waals surface area contributed by atoms with E-state index in [1.807, 2.05) is 0 Å². The molecule has 232 valence electrons. The summed E-state index contributed by atoms with van der Waals surface area (Å²) >= 11 is 0. The molecular formula is C39H64O2. The fraction of sp³-hybridized carbons (Fsp3) is 0.641. The van der Waals surface area contributed by atoms with E-state index >= 15 is 0 Å². The minimum atomic E-state index is 0.0872. The van der Waals surface area contributed by atoms with Crippen molar-refractivity contribution in [1.82, 2.24) is 0 Å². The van der Waals surface area contributed by atoms with E-state index < -0.39 is 0 Å². The number of Topliss-reactive ketones (excluding diaryl/α,β-unsaturated/α-hetero) is 2. The molecule has 0 unspecified atom stereocenters. The lowest BCUT2D eigenvalue weighted by molar-refractivity contribution is -0.127. The van der Waals surface area contributed by atoms with E-state index in [-0.39, 0.29) is 18.0 Å². The molecule has 0 aliphatic rings. The van der Waals surface area contributed by atoms with E-state index in [2.05, 4.69) is 86.8 Å². The van der Waals surface area contributed by atoms with Crippen LogP contribution in [0, 0.1) is 0 Å². The molecule has 0 amide bonds. The second-order valence-corrected chi connectivity index (χ2v) is 11.2. The smallest absolute Gasteiger partial charge is 0.140 e. The molecule has 0 saturated heterocycles. The summed E-state index contributed by atoms with van der Waals surface area (Å²) < 4.78 is 0. The largest absolute Gasteiger partial charge is 0.299 e. The minimum Gasteiger partial charge on any atom is -0.299 e. The molecule has 0 bridgehead atoms. The summed E-state index contributed by atoms with van der Waals surface area (Å²) in [6.07, 6.45) is 51.0. The first-order valence-corrected chi connectivity index (χ1v) is 17.1. The zero-order valence-electron chi connectivity index (χ0n) is 27.0. The van der Waals surface area contributed by atoms with Gasteiger partial charge in [-0.05, 0) is 51.4 Å². The van der Waals surface area contributed by atoms with Crippen molar-refractivity contribution in [3.8, 4) is 0 Å². The van der Waals surface area contributed by atoms with Crippen molar-refractivity contribution in [2.75, 3.05) is 0 Å². The molecule has 2 heteroatoms. The summed E-state index contributed by atoms with van der Waals surface area (Å²) in [7, 11) is 0. The number of carbonyl (C=O) groups excluding carboxylic acids is 2. The highest BCUT2D eigenvalue weighted by atomic mass is 16.1. The highest BCUT2D eigenvalue weighted by molar-refractivity contribution is 5.99. The topological polar surface area (TPSA) is 34.1 Å². The van der Waals surface area contributed by atoms with Gasteiger partial charge in [-0.25, -0.2) is 0 Å². The van der Waals surface area contributed by atoms with Gasteiger partial charge in [-0.1, -0.05) is 164 Å². The molecule has 0 aromatic carbocycles. The van der Waals surface area contributed by atoms with E-state index in [1.165, 1.54) is 70.6 Å². The fourth-order valence-electron chi connectivity index (χ4n) is 4.62. The van der Waals surface area contributed by atoms with Crippen LogP contribution in [-0.4, -0.2) is 11.6 Å². The van der Waals surface area contributed by atoms with Gasteiger partial charge in [0.2, 0.25) is 0 Å². The Hall–Kier alpha value is -2.22. The van der Waals surface area contributed by atoms with Crippen LogP contribution in [0.1, 0.15) is 162 Å². The maximum atomic E-state index is 12.1. The van der Waals surface area contributed by atoms with Crippen molar-refractivity contribution < 1.29 is 9.59 Å². The van der Waals surface area contributed by atoms with Gasteiger partial charge < -0.3 is 0 Å². The number of hydrogen-bond acceptors (Lipinski definition) is 2. The average Bonchev–Trinajstić information content (AvgIpc) is 2.96. The standard InChI is InChI=1S/C39H64O2/c1-3-5-7-9-11-13-15-17-18-19-20-21-22-24-26-28-30-32-34-36-39(41)37-38(40)35-33-31-29-27-25-23-16-14-12-10-8-6-4-2/h5,7,11,13,17-18,20-21,24,26,30,32H,3-4,6,8-10,12,14-16,19,22-23,25,27-29,31,33-37H2,1-2H3. The van der Waals surface area contributed by atoms with Crippen LogP contribution in [0.15, 0.2) is 72.9 Å². The number of hydrogen-bond donors (Lipinski definition) is 0. The van der Waals surface area contributed by atoms with Crippen LogP contribution in [0.5, 0.6) is 0 Å². The number of carbonyl (C=O) groups is 2. The van der Waals surface area contributed by atoms with Gasteiger partial charge in [0.15, 0.2) is 0 Å². The highest BCUT2D eigenvalue weighted by Crippen LogP contribution is 2.13. The first-order chi connectivity index (χ1) is 20.2. The normalized spacial score (nSPS) is 12.5. The number of allylic oxidation sites excluding steroid dienone is 12. The molecule has 0 radical (unpaired) electrons. The fourth-order valence-corrected chi connectivity index (χ4v) is 4.62. The van der Waals surface area contributed by atoms with Crippen molar-refractivity contribution in [2.45, 2.75) is 162 Å². The van der Waals surface area contributed by atoms with Crippen LogP contribution in [-0.2, 0) is 9.59 Å². The van der Waals surface area contributed by atoms with Gasteiger partial charge >= 0.3 is 0 Å². The van der Waals surface area contributed by atoms with E-state index in [0.29, 0.717) is 12.8 Å². The molecule has 0 spiro atoms. The Morgan fingerprint density at radius 1 is 0.390 bits per heavy atom. The first kappa shape index (κ1) is 38.8. The first-order valence-electron chi connectivity index (χ1n) is 17.1. The van der Waals surface area contributed by atoms with Crippen LogP contribution in [0.4, 0.5) is 0 Å². The van der Waals surface area contributed by atoms with E-state index in [1.54, 1.807) is 0 Å². The Kier molecular flexibility index (Phi) is 32.1. The summed E-state index contributed by atoms with van der Waals surface area (Å²) in [6.45, 7) is 4.43. The van der Waals surface area contributed by atoms with Crippen molar-refractivity contribution >= 4 is 11.6 Å². The van der Waals surface area contributed by atoms with Gasteiger partial charge in [0, 0.05) is 12.8 Å². The Morgan fingerprint density at radius 3 is 1.15 bits per heavy atom. The van der Waals surface area contributed by atoms with Crippen LogP contribution in [0.25, 0.3) is 0 Å². The third-order valence-corrected chi connectivity index (χ3v) is 7.14. The lowest BCUT2D eigenvalue weighted by Crippen LogP contribution is -2.07. The van der Waals surface area contributed by atoms with Gasteiger partial charge in [0.05, 0.1) is 6.42 Å². The molecule has 0 aliphatic heterocycles. The van der Waals surface area contributed by atoms with Crippen LogP contribution in [0.3, 0.4) is 0 Å².